The van der Waals surface area contributed by atoms with Crippen molar-refractivity contribution in [3.8, 4) is 0 Å². The van der Waals surface area contributed by atoms with Crippen LogP contribution in [0.5, 0.6) is 0 Å². The third-order valence-electron chi connectivity index (χ3n) is 0. The molecule has 0 aromatic heterocycles. The Morgan fingerprint density at radius 2 is 1.50 bits per heavy atom. The van der Waals surface area contributed by atoms with Crippen LogP contribution in [0.4, 0.5) is 0 Å². The first-order valence-electron chi connectivity index (χ1n) is 0.703. The molecule has 0 aliphatic rings. The van der Waals surface area contributed by atoms with E-state index in [1.807, 2.05) is 0 Å². The van der Waals surface area contributed by atoms with E-state index in [2.05, 4.69) is 0 Å². The zero-order chi connectivity index (χ0) is 4.50. The number of hydrogen-bond donors (Lipinski definition) is 0. The topological polar surface area (TPSA) is 40.1 Å². The Morgan fingerprint density at radius 3 is 1.50 bits per heavy atom. The Balaban J connectivity index is 0. The summed E-state index contributed by atoms with van der Waals surface area (Å²) in [4.78, 5) is 9.63. The molecule has 6 heavy (non-hydrogen) atoms. The fourth-order valence-electron chi connectivity index (χ4n) is 0. The van der Waals surface area contributed by atoms with Gasteiger partial charge in [-0.3, -0.25) is 0 Å². The van der Waals surface area contributed by atoms with Crippen molar-refractivity contribution in [3.05, 3.63) is 0 Å². The second kappa shape index (κ2) is 5.10. The predicted octanol–water partition coefficient (Wildman–Crippen LogP) is -1.67. The fourth-order valence-corrected chi connectivity index (χ4v) is 0. The number of hydrogen-bond acceptors (Lipinski definition) is 2. The van der Waals surface area contributed by atoms with Crippen LogP contribution >= 0.6 is 46.7 Å². The molecule has 0 N–H and O–H groups in total. The molecule has 0 atom stereocenters. The molecule has 0 aliphatic carbocycles. The summed E-state index contributed by atoms with van der Waals surface area (Å²) in [5.41, 5.74) is 0. The second-order valence-electron chi connectivity index (χ2n) is 0.414. The molecular weight excluding hydrogens is 356 g/mol. The summed E-state index contributed by atoms with van der Waals surface area (Å²) in [6, 6.07) is 0. The maximum atomic E-state index is 9.63. The summed E-state index contributed by atoms with van der Waals surface area (Å²) in [7, 11) is 0. The molecule has 0 saturated carbocycles. The molecule has 0 radical (unpaired) electrons. The van der Waals surface area contributed by atoms with Crippen molar-refractivity contribution in [1.29, 1.82) is 0 Å². The van der Waals surface area contributed by atoms with Gasteiger partial charge in [0.25, 0.3) is 0 Å². The average molecular weight is 356 g/mol. The van der Waals surface area contributed by atoms with E-state index in [-0.39, 0.29) is 51.4 Å². The van der Waals surface area contributed by atoms with Crippen molar-refractivity contribution in [1.82, 2.24) is 0 Å². The molecule has 0 aliphatic heterocycles. The minimum Gasteiger partial charge on any atom is -0.784 e. The Labute approximate surface area is 105 Å². The third-order valence-corrected chi connectivity index (χ3v) is 0. The van der Waals surface area contributed by atoms with Gasteiger partial charge in [-0.1, -0.05) is 0 Å². The monoisotopic (exact) mass is 356 g/mol. The second-order valence-corrected chi connectivity index (χ2v) is 14.4. The molecule has 0 unspecified atom stereocenters. The van der Waals surface area contributed by atoms with E-state index in [1.165, 1.54) is 44.1 Å². The van der Waals surface area contributed by atoms with Crippen LogP contribution in [-0.2, 0) is 4.57 Å². The van der Waals surface area contributed by atoms with Crippen LogP contribution in [-0.4, -0.2) is 0 Å². The molecule has 0 amide bonds. The zero-order valence-corrected chi connectivity index (χ0v) is 11.4. The first-order chi connectivity index (χ1) is 2.00. The van der Waals surface area contributed by atoms with Crippen LogP contribution < -0.4 is 56.3 Å². The standard InChI is InChI=1S/HI2O2P.K/c1-5(2,3)4;/h(H,3,4);/q;+1/p-1. The average Bonchev–Trinajstić information content (AvgIpc) is 0.722. The molecule has 2 nitrogen and oxygen atoms in total. The van der Waals surface area contributed by atoms with E-state index in [9.17, 15) is 9.46 Å². The maximum absolute atomic E-state index is 9.63. The zero-order valence-electron chi connectivity index (χ0n) is 3.02. The van der Waals surface area contributed by atoms with Crippen LogP contribution in [0, 0.1) is 0 Å². The first kappa shape index (κ1) is 12.0. The van der Waals surface area contributed by atoms with E-state index in [0.717, 1.165) is 0 Å². The van der Waals surface area contributed by atoms with Crippen LogP contribution in [0.25, 0.3) is 0 Å². The van der Waals surface area contributed by atoms with E-state index in [1.54, 1.807) is 0 Å². The first-order valence-corrected chi connectivity index (χ1v) is 7.90. The molecule has 0 fully saturated rings. The van der Waals surface area contributed by atoms with Crippen molar-refractivity contribution < 1.29 is 60.8 Å². The van der Waals surface area contributed by atoms with Gasteiger partial charge in [-0.15, -0.1) is 0 Å². The summed E-state index contributed by atoms with van der Waals surface area (Å²) in [5.74, 6) is 0. The minimum atomic E-state index is -2.95. The van der Waals surface area contributed by atoms with Gasteiger partial charge >= 0.3 is 51.4 Å². The summed E-state index contributed by atoms with van der Waals surface area (Å²) in [5, 5.41) is 0. The molecule has 0 heterocycles. The van der Waals surface area contributed by atoms with Gasteiger partial charge < -0.3 is 9.46 Å². The largest absolute Gasteiger partial charge is 1.00 e. The quantitative estimate of drug-likeness (QED) is 0.296. The SMILES string of the molecule is O=P([O-])(I)I.[K+]. The van der Waals surface area contributed by atoms with Gasteiger partial charge in [0.1, 0.15) is 2.65 Å². The Morgan fingerprint density at radius 1 is 1.50 bits per heavy atom. The minimum absolute atomic E-state index is 0. The van der Waals surface area contributed by atoms with Crippen molar-refractivity contribution >= 4 is 46.7 Å². The molecule has 0 aromatic rings. The van der Waals surface area contributed by atoms with E-state index < -0.39 is 2.65 Å². The van der Waals surface area contributed by atoms with Crippen molar-refractivity contribution in [2.45, 2.75) is 0 Å². The van der Waals surface area contributed by atoms with Crippen LogP contribution in [0.15, 0.2) is 0 Å². The smallest absolute Gasteiger partial charge is 0.784 e. The molecular formula is I2KO2P. The van der Waals surface area contributed by atoms with E-state index in [4.69, 9.17) is 0 Å². The van der Waals surface area contributed by atoms with Crippen LogP contribution in [0.2, 0.25) is 0 Å². The van der Waals surface area contributed by atoms with Gasteiger partial charge in [0.15, 0.2) is 0 Å². The predicted molar refractivity (Wildman–Crippen MR) is 35.6 cm³/mol. The van der Waals surface area contributed by atoms with Crippen LogP contribution in [0.3, 0.4) is 0 Å². The van der Waals surface area contributed by atoms with Crippen molar-refractivity contribution in [2.24, 2.45) is 0 Å². The Kier molecular flexibility index (Phi) is 10.2. The normalized spacial score (nSPS) is 9.83. The van der Waals surface area contributed by atoms with Gasteiger partial charge in [-0.05, 0) is 44.1 Å². The summed E-state index contributed by atoms with van der Waals surface area (Å²) in [6.07, 6.45) is 0. The van der Waals surface area contributed by atoms with Gasteiger partial charge in [-0.2, -0.15) is 0 Å². The van der Waals surface area contributed by atoms with Crippen LogP contribution in [0.1, 0.15) is 0 Å². The molecule has 0 rings (SSSR count). The summed E-state index contributed by atoms with van der Waals surface area (Å²) < 4.78 is 6.68. The maximum Gasteiger partial charge on any atom is 1.00 e. The molecule has 0 bridgehead atoms. The van der Waals surface area contributed by atoms with Gasteiger partial charge in [-0.25, -0.2) is 0 Å². The molecule has 6 heteroatoms. The van der Waals surface area contributed by atoms with Crippen molar-refractivity contribution in [3.63, 3.8) is 0 Å². The number of halogens is 2. The molecule has 32 valence electrons. The Hall–Kier alpha value is 3.29. The third kappa shape index (κ3) is 26.7. The molecule has 0 saturated heterocycles. The Bertz CT molecular complexity index is 57.7. The number of rotatable bonds is 0. The van der Waals surface area contributed by atoms with E-state index >= 15 is 0 Å². The van der Waals surface area contributed by atoms with Crippen molar-refractivity contribution in [2.75, 3.05) is 0 Å². The van der Waals surface area contributed by atoms with Gasteiger partial charge in [0, 0.05) is 0 Å². The molecule has 0 spiro atoms. The molecule has 0 aromatic carbocycles. The summed E-state index contributed by atoms with van der Waals surface area (Å²) >= 11 is 2.73. The van der Waals surface area contributed by atoms with E-state index in [0.29, 0.717) is 0 Å². The van der Waals surface area contributed by atoms with Gasteiger partial charge in [0.05, 0.1) is 0 Å². The fraction of sp³-hybridized carbons (Fsp3) is 0. The summed E-state index contributed by atoms with van der Waals surface area (Å²) in [6.45, 7) is 0. The van der Waals surface area contributed by atoms with Gasteiger partial charge in [0.2, 0.25) is 0 Å².